The van der Waals surface area contributed by atoms with Crippen LogP contribution in [0.2, 0.25) is 5.02 Å². The predicted octanol–water partition coefficient (Wildman–Crippen LogP) is 7.51. The monoisotopic (exact) mass is 429 g/mol. The molecule has 0 saturated carbocycles. The van der Waals surface area contributed by atoms with Crippen LogP contribution in [0.25, 0.3) is 22.2 Å². The quantitative estimate of drug-likeness (QED) is 0.249. The largest absolute Gasteiger partial charge is 0.423 e. The minimum absolute atomic E-state index is 0.240. The molecular formula is C27H24ClNO2. The number of aromatic nitrogens is 1. The van der Waals surface area contributed by atoms with Crippen LogP contribution in [0.3, 0.4) is 0 Å². The number of fused-ring (bicyclic) bond motifs is 1. The zero-order chi connectivity index (χ0) is 22.1. The lowest BCUT2D eigenvalue weighted by Crippen LogP contribution is -2.12. The van der Waals surface area contributed by atoms with Crippen LogP contribution in [0.4, 0.5) is 0 Å². The lowest BCUT2D eigenvalue weighted by atomic mass is 10.00. The Morgan fingerprint density at radius 3 is 2.42 bits per heavy atom. The van der Waals surface area contributed by atoms with Gasteiger partial charge in [-0.2, -0.15) is 0 Å². The van der Waals surface area contributed by atoms with Crippen LogP contribution in [0.15, 0.2) is 66.7 Å². The first kappa shape index (κ1) is 21.1. The van der Waals surface area contributed by atoms with Crippen LogP contribution in [0, 0.1) is 13.8 Å². The van der Waals surface area contributed by atoms with Gasteiger partial charge in [-0.3, -0.25) is 0 Å². The predicted molar refractivity (Wildman–Crippen MR) is 127 cm³/mol. The molecule has 0 saturated heterocycles. The Morgan fingerprint density at radius 2 is 1.71 bits per heavy atom. The summed E-state index contributed by atoms with van der Waals surface area (Å²) in [5, 5.41) is 1.43. The molecule has 0 fully saturated rings. The van der Waals surface area contributed by atoms with Crippen LogP contribution in [-0.2, 0) is 0 Å². The summed E-state index contributed by atoms with van der Waals surface area (Å²) in [6.07, 6.45) is 0. The number of hydrogen-bond acceptors (Lipinski definition) is 3. The van der Waals surface area contributed by atoms with Crippen LogP contribution >= 0.6 is 11.6 Å². The molecule has 0 amide bonds. The normalized spacial score (nSPS) is 11.2. The van der Waals surface area contributed by atoms with Gasteiger partial charge in [0.2, 0.25) is 0 Å². The van der Waals surface area contributed by atoms with E-state index in [-0.39, 0.29) is 11.9 Å². The number of ether oxygens (including phenoxy) is 1. The van der Waals surface area contributed by atoms with Crippen molar-refractivity contribution in [2.75, 3.05) is 0 Å². The maximum Gasteiger partial charge on any atom is 0.344 e. The van der Waals surface area contributed by atoms with E-state index in [1.54, 1.807) is 6.07 Å². The van der Waals surface area contributed by atoms with Gasteiger partial charge in [-0.1, -0.05) is 67.9 Å². The number of carbonyl (C=O) groups excluding carboxylic acids is 1. The highest BCUT2D eigenvalue weighted by Crippen LogP contribution is 2.31. The summed E-state index contributed by atoms with van der Waals surface area (Å²) < 4.78 is 5.94. The summed E-state index contributed by atoms with van der Waals surface area (Å²) in [5.41, 5.74) is 5.93. The van der Waals surface area contributed by atoms with Crippen molar-refractivity contribution in [1.29, 1.82) is 0 Å². The van der Waals surface area contributed by atoms with Gasteiger partial charge in [-0.05, 0) is 60.7 Å². The van der Waals surface area contributed by atoms with Gasteiger partial charge in [0.1, 0.15) is 5.75 Å². The highest BCUT2D eigenvalue weighted by molar-refractivity contribution is 6.30. The Balaban J connectivity index is 1.85. The highest BCUT2D eigenvalue weighted by Gasteiger charge is 2.19. The zero-order valence-electron chi connectivity index (χ0n) is 18.1. The van der Waals surface area contributed by atoms with Gasteiger partial charge < -0.3 is 4.74 Å². The van der Waals surface area contributed by atoms with E-state index in [1.807, 2.05) is 74.5 Å². The second-order valence-electron chi connectivity index (χ2n) is 8.12. The molecule has 0 bridgehead atoms. The minimum atomic E-state index is -0.388. The van der Waals surface area contributed by atoms with E-state index >= 15 is 0 Å². The average Bonchev–Trinajstić information content (AvgIpc) is 2.74. The van der Waals surface area contributed by atoms with Crippen LogP contribution in [0.1, 0.15) is 46.8 Å². The number of carbonyl (C=O) groups is 1. The van der Waals surface area contributed by atoms with Gasteiger partial charge >= 0.3 is 5.97 Å². The third-order valence-electron chi connectivity index (χ3n) is 5.39. The smallest absolute Gasteiger partial charge is 0.344 e. The molecule has 3 aromatic carbocycles. The van der Waals surface area contributed by atoms with Crippen molar-refractivity contribution in [2.45, 2.75) is 33.6 Å². The number of halogens is 1. The Kier molecular flexibility index (Phi) is 5.79. The first-order valence-electron chi connectivity index (χ1n) is 10.3. The summed E-state index contributed by atoms with van der Waals surface area (Å²) in [6.45, 7) is 8.16. The van der Waals surface area contributed by atoms with Crippen LogP contribution in [0.5, 0.6) is 5.75 Å². The van der Waals surface area contributed by atoms with Crippen LogP contribution in [-0.4, -0.2) is 11.0 Å². The standard InChI is InChI=1S/C27H24ClNO2/c1-16(2)21-13-8-17(3)14-25(21)31-27(30)23-15-24(19-9-11-20(28)12-10-19)29-26-18(4)6-5-7-22(23)26/h5-16H,1-4H3. The Hall–Kier alpha value is -3.17. The van der Waals surface area contributed by atoms with Gasteiger partial charge in [0.05, 0.1) is 16.8 Å². The first-order valence-corrected chi connectivity index (χ1v) is 10.7. The number of esters is 1. The van der Waals surface area contributed by atoms with E-state index in [9.17, 15) is 4.79 Å². The van der Waals surface area contributed by atoms with Crippen molar-refractivity contribution in [2.24, 2.45) is 0 Å². The molecule has 0 N–H and O–H groups in total. The molecule has 0 aliphatic rings. The summed E-state index contributed by atoms with van der Waals surface area (Å²) >= 11 is 6.05. The van der Waals surface area contributed by atoms with E-state index in [4.69, 9.17) is 21.3 Å². The fraction of sp³-hybridized carbons (Fsp3) is 0.185. The maximum absolute atomic E-state index is 13.4. The third kappa shape index (κ3) is 4.33. The van der Waals surface area contributed by atoms with Gasteiger partial charge in [0.15, 0.2) is 0 Å². The van der Waals surface area contributed by atoms with E-state index in [1.165, 1.54) is 0 Å². The Labute approximate surface area is 187 Å². The number of hydrogen-bond donors (Lipinski definition) is 0. The van der Waals surface area contributed by atoms with Gasteiger partial charge in [-0.25, -0.2) is 9.78 Å². The third-order valence-corrected chi connectivity index (χ3v) is 5.65. The summed E-state index contributed by atoms with van der Waals surface area (Å²) in [6, 6.07) is 21.1. The SMILES string of the molecule is Cc1ccc(C(C)C)c(OC(=O)c2cc(-c3ccc(Cl)cc3)nc3c(C)cccc23)c1. The molecule has 0 spiro atoms. The molecule has 0 unspecified atom stereocenters. The molecule has 4 heteroatoms. The lowest BCUT2D eigenvalue weighted by Gasteiger charge is -2.15. The van der Waals surface area contributed by atoms with Crippen LogP contribution < -0.4 is 4.74 Å². The van der Waals surface area contributed by atoms with Crippen molar-refractivity contribution in [3.63, 3.8) is 0 Å². The minimum Gasteiger partial charge on any atom is -0.423 e. The fourth-order valence-corrected chi connectivity index (χ4v) is 3.82. The number of para-hydroxylation sites is 1. The molecule has 4 rings (SSSR count). The fourth-order valence-electron chi connectivity index (χ4n) is 3.69. The first-order chi connectivity index (χ1) is 14.8. The van der Waals surface area contributed by atoms with E-state index in [2.05, 4.69) is 13.8 Å². The topological polar surface area (TPSA) is 39.2 Å². The molecular weight excluding hydrogens is 406 g/mol. The second-order valence-corrected chi connectivity index (χ2v) is 8.55. The second kappa shape index (κ2) is 8.52. The molecule has 0 aliphatic heterocycles. The molecule has 1 aromatic heterocycles. The van der Waals surface area contributed by atoms with E-state index < -0.39 is 0 Å². The van der Waals surface area contributed by atoms with Crippen molar-refractivity contribution in [3.05, 3.63) is 94.0 Å². The summed E-state index contributed by atoms with van der Waals surface area (Å²) in [7, 11) is 0. The molecule has 1 heterocycles. The summed E-state index contributed by atoms with van der Waals surface area (Å²) in [4.78, 5) is 18.2. The number of aryl methyl sites for hydroxylation is 2. The number of rotatable bonds is 4. The molecule has 31 heavy (non-hydrogen) atoms. The molecule has 0 aliphatic carbocycles. The van der Waals surface area contributed by atoms with E-state index in [0.717, 1.165) is 33.2 Å². The maximum atomic E-state index is 13.4. The lowest BCUT2D eigenvalue weighted by molar-refractivity contribution is 0.0735. The van der Waals surface area contributed by atoms with Gasteiger partial charge in [0.25, 0.3) is 0 Å². The number of benzene rings is 3. The molecule has 4 aromatic rings. The average molecular weight is 430 g/mol. The van der Waals surface area contributed by atoms with Gasteiger partial charge in [-0.15, -0.1) is 0 Å². The Bertz CT molecular complexity index is 1280. The van der Waals surface area contributed by atoms with Crippen molar-refractivity contribution in [1.82, 2.24) is 4.98 Å². The summed E-state index contributed by atoms with van der Waals surface area (Å²) in [5.74, 6) is 0.454. The molecule has 0 atom stereocenters. The highest BCUT2D eigenvalue weighted by atomic mass is 35.5. The molecule has 0 radical (unpaired) electrons. The number of pyridine rings is 1. The van der Waals surface area contributed by atoms with Crippen molar-refractivity contribution in [3.8, 4) is 17.0 Å². The van der Waals surface area contributed by atoms with Gasteiger partial charge in [0, 0.05) is 16.0 Å². The number of nitrogens with zero attached hydrogens (tertiary/aromatic N) is 1. The van der Waals surface area contributed by atoms with Crippen molar-refractivity contribution >= 4 is 28.5 Å². The van der Waals surface area contributed by atoms with E-state index in [0.29, 0.717) is 22.0 Å². The Morgan fingerprint density at radius 1 is 0.968 bits per heavy atom. The molecule has 3 nitrogen and oxygen atoms in total. The molecule has 156 valence electrons. The van der Waals surface area contributed by atoms with Crippen molar-refractivity contribution < 1.29 is 9.53 Å². The zero-order valence-corrected chi connectivity index (χ0v) is 18.8.